The zero-order chi connectivity index (χ0) is 21.5. The maximum absolute atomic E-state index is 13.0. The monoisotopic (exact) mass is 405 g/mol. The molecule has 2 aromatic carbocycles. The average Bonchev–Trinajstić information content (AvgIpc) is 2.74. The van der Waals surface area contributed by atoms with Crippen molar-refractivity contribution in [3.8, 4) is 0 Å². The summed E-state index contributed by atoms with van der Waals surface area (Å²) in [6.07, 6.45) is 7.20. The molecule has 0 atom stereocenters. The van der Waals surface area contributed by atoms with Crippen LogP contribution in [0.3, 0.4) is 0 Å². The lowest BCUT2D eigenvalue weighted by molar-refractivity contribution is -0.118. The van der Waals surface area contributed by atoms with E-state index in [1.165, 1.54) is 6.42 Å². The van der Waals surface area contributed by atoms with Crippen molar-refractivity contribution in [2.45, 2.75) is 45.1 Å². The summed E-state index contributed by atoms with van der Waals surface area (Å²) >= 11 is 0. The van der Waals surface area contributed by atoms with Crippen LogP contribution in [0.5, 0.6) is 0 Å². The number of hydrogen-bond acceptors (Lipinski definition) is 3. The Hall–Kier alpha value is -3.08. The van der Waals surface area contributed by atoms with Gasteiger partial charge in [-0.2, -0.15) is 0 Å². The minimum absolute atomic E-state index is 0.169. The van der Waals surface area contributed by atoms with Crippen molar-refractivity contribution in [2.75, 3.05) is 19.0 Å². The quantitative estimate of drug-likeness (QED) is 0.705. The number of benzene rings is 2. The molecule has 30 heavy (non-hydrogen) atoms. The molecule has 1 saturated carbocycles. The van der Waals surface area contributed by atoms with E-state index in [2.05, 4.69) is 10.6 Å². The maximum atomic E-state index is 13.0. The second-order valence-corrected chi connectivity index (χ2v) is 8.17. The Balaban J connectivity index is 1.81. The van der Waals surface area contributed by atoms with Crippen LogP contribution < -0.4 is 15.5 Å². The molecule has 0 radical (unpaired) electrons. The molecule has 0 saturated heterocycles. The lowest BCUT2D eigenvalue weighted by Gasteiger charge is -2.23. The summed E-state index contributed by atoms with van der Waals surface area (Å²) in [5, 5.41) is 5.93. The van der Waals surface area contributed by atoms with Crippen LogP contribution in [0, 0.1) is 6.92 Å². The van der Waals surface area contributed by atoms with Crippen molar-refractivity contribution in [3.63, 3.8) is 0 Å². The Kier molecular flexibility index (Phi) is 7.28. The molecule has 2 amide bonds. The fraction of sp³-hybridized carbons (Fsp3) is 0.360. The zero-order valence-corrected chi connectivity index (χ0v) is 18.1. The van der Waals surface area contributed by atoms with E-state index in [-0.39, 0.29) is 23.6 Å². The third-order valence-corrected chi connectivity index (χ3v) is 5.47. The fourth-order valence-electron chi connectivity index (χ4n) is 3.60. The van der Waals surface area contributed by atoms with E-state index in [9.17, 15) is 9.59 Å². The molecule has 0 aliphatic heterocycles. The first-order valence-electron chi connectivity index (χ1n) is 10.6. The van der Waals surface area contributed by atoms with E-state index in [4.69, 9.17) is 0 Å². The summed E-state index contributed by atoms with van der Waals surface area (Å²) in [6, 6.07) is 15.4. The number of nitrogens with zero attached hydrogens (tertiary/aromatic N) is 1. The van der Waals surface area contributed by atoms with Crippen molar-refractivity contribution in [1.29, 1.82) is 0 Å². The number of carbonyl (C=O) groups is 2. The topological polar surface area (TPSA) is 61.4 Å². The Morgan fingerprint density at radius 3 is 2.17 bits per heavy atom. The molecule has 158 valence electrons. The number of rotatable bonds is 6. The van der Waals surface area contributed by atoms with Crippen LogP contribution in [0.2, 0.25) is 0 Å². The minimum Gasteiger partial charge on any atom is -0.378 e. The van der Waals surface area contributed by atoms with Crippen molar-refractivity contribution >= 4 is 23.6 Å². The molecule has 2 N–H and O–H groups in total. The van der Waals surface area contributed by atoms with E-state index < -0.39 is 0 Å². The van der Waals surface area contributed by atoms with Crippen LogP contribution >= 0.6 is 0 Å². The van der Waals surface area contributed by atoms with Crippen molar-refractivity contribution in [1.82, 2.24) is 10.6 Å². The molecule has 0 unspecified atom stereocenters. The highest BCUT2D eigenvalue weighted by Crippen LogP contribution is 2.19. The molecule has 0 spiro atoms. The van der Waals surface area contributed by atoms with E-state index in [0.29, 0.717) is 5.56 Å². The lowest BCUT2D eigenvalue weighted by atomic mass is 9.95. The van der Waals surface area contributed by atoms with Crippen LogP contribution in [0.1, 0.15) is 53.6 Å². The number of anilines is 1. The summed E-state index contributed by atoms with van der Waals surface area (Å²) in [4.78, 5) is 27.8. The summed E-state index contributed by atoms with van der Waals surface area (Å²) < 4.78 is 0. The van der Waals surface area contributed by atoms with Gasteiger partial charge in [0.05, 0.1) is 0 Å². The molecule has 1 aliphatic rings. The molecule has 0 heterocycles. The van der Waals surface area contributed by atoms with Gasteiger partial charge in [-0.15, -0.1) is 0 Å². The van der Waals surface area contributed by atoms with E-state index in [1.54, 1.807) is 18.2 Å². The minimum atomic E-state index is -0.287. The van der Waals surface area contributed by atoms with Crippen molar-refractivity contribution < 1.29 is 9.59 Å². The van der Waals surface area contributed by atoms with Gasteiger partial charge in [0.2, 0.25) is 0 Å². The van der Waals surface area contributed by atoms with Gasteiger partial charge in [0.15, 0.2) is 0 Å². The van der Waals surface area contributed by atoms with Gasteiger partial charge in [-0.25, -0.2) is 0 Å². The van der Waals surface area contributed by atoms with E-state index >= 15 is 0 Å². The maximum Gasteiger partial charge on any atom is 0.268 e. The molecule has 0 aromatic heterocycles. The van der Waals surface area contributed by atoms with Crippen molar-refractivity contribution in [2.24, 2.45) is 0 Å². The molecule has 5 nitrogen and oxygen atoms in total. The van der Waals surface area contributed by atoms with Gasteiger partial charge in [0.1, 0.15) is 5.70 Å². The molecular formula is C25H31N3O2. The van der Waals surface area contributed by atoms with Gasteiger partial charge in [0.25, 0.3) is 11.8 Å². The van der Waals surface area contributed by atoms with Gasteiger partial charge < -0.3 is 15.5 Å². The van der Waals surface area contributed by atoms with E-state index in [0.717, 1.165) is 42.5 Å². The van der Waals surface area contributed by atoms with Gasteiger partial charge in [0, 0.05) is 31.4 Å². The summed E-state index contributed by atoms with van der Waals surface area (Å²) in [7, 11) is 3.96. The molecule has 2 aromatic rings. The summed E-state index contributed by atoms with van der Waals surface area (Å²) in [5.74, 6) is -0.524. The summed E-state index contributed by atoms with van der Waals surface area (Å²) in [6.45, 7) is 1.97. The standard InChI is InChI=1S/C25H31N3O2/c1-18-9-13-20(14-10-18)24(29)27-23(25(30)26-21-7-5-4-6-8-21)17-19-11-15-22(16-12-19)28(2)3/h9-17,21H,4-8H2,1-3H3,(H,26,30)(H,27,29)/b23-17-. The molecule has 1 aliphatic carbocycles. The van der Waals surface area contributed by atoms with Crippen LogP contribution in [-0.2, 0) is 4.79 Å². The van der Waals surface area contributed by atoms with Gasteiger partial charge in [-0.3, -0.25) is 9.59 Å². The third-order valence-electron chi connectivity index (χ3n) is 5.47. The van der Waals surface area contributed by atoms with Gasteiger partial charge in [-0.1, -0.05) is 49.1 Å². The highest BCUT2D eigenvalue weighted by Gasteiger charge is 2.20. The molecule has 0 bridgehead atoms. The van der Waals surface area contributed by atoms with Crippen LogP contribution in [0.25, 0.3) is 6.08 Å². The molecular weight excluding hydrogens is 374 g/mol. The predicted molar refractivity (Wildman–Crippen MR) is 122 cm³/mol. The van der Waals surface area contributed by atoms with Crippen molar-refractivity contribution in [3.05, 3.63) is 70.9 Å². The molecule has 5 heteroatoms. The van der Waals surface area contributed by atoms with Gasteiger partial charge in [-0.05, 0) is 55.7 Å². The number of amides is 2. The molecule has 1 fully saturated rings. The Morgan fingerprint density at radius 1 is 0.933 bits per heavy atom. The first-order chi connectivity index (χ1) is 14.4. The SMILES string of the molecule is Cc1ccc(C(=O)N/C(=C\c2ccc(N(C)C)cc2)C(=O)NC2CCCCC2)cc1. The van der Waals surface area contributed by atoms with E-state index in [1.807, 2.05) is 62.3 Å². The Labute approximate surface area is 179 Å². The molecule has 3 rings (SSSR count). The normalized spacial score (nSPS) is 14.8. The lowest BCUT2D eigenvalue weighted by Crippen LogP contribution is -2.41. The van der Waals surface area contributed by atoms with Crippen LogP contribution in [0.4, 0.5) is 5.69 Å². The van der Waals surface area contributed by atoms with Gasteiger partial charge >= 0.3 is 0 Å². The Morgan fingerprint density at radius 2 is 1.57 bits per heavy atom. The van der Waals surface area contributed by atoms with Crippen LogP contribution in [0.15, 0.2) is 54.2 Å². The fourth-order valence-corrected chi connectivity index (χ4v) is 3.60. The first-order valence-corrected chi connectivity index (χ1v) is 10.6. The number of hydrogen-bond donors (Lipinski definition) is 2. The Bertz CT molecular complexity index is 893. The smallest absolute Gasteiger partial charge is 0.268 e. The summed E-state index contributed by atoms with van der Waals surface area (Å²) in [5.41, 5.74) is 3.81. The highest BCUT2D eigenvalue weighted by atomic mass is 16.2. The zero-order valence-electron chi connectivity index (χ0n) is 18.1. The number of nitrogens with one attached hydrogen (secondary N) is 2. The largest absolute Gasteiger partial charge is 0.378 e. The predicted octanol–water partition coefficient (Wildman–Crippen LogP) is 4.28. The third kappa shape index (κ3) is 5.96. The number of carbonyl (C=O) groups excluding carboxylic acids is 2. The average molecular weight is 406 g/mol. The second-order valence-electron chi connectivity index (χ2n) is 8.17. The number of aryl methyl sites for hydroxylation is 1. The first kappa shape index (κ1) is 21.6. The van der Waals surface area contributed by atoms with Crippen LogP contribution in [-0.4, -0.2) is 32.0 Å². The highest BCUT2D eigenvalue weighted by molar-refractivity contribution is 6.05. The second kappa shape index (κ2) is 10.1.